The third-order valence-corrected chi connectivity index (χ3v) is 10.8. The summed E-state index contributed by atoms with van der Waals surface area (Å²) in [7, 11) is 3.16. The molecule has 4 unspecified atom stereocenters. The first-order valence-electron chi connectivity index (χ1n) is 19.1. The summed E-state index contributed by atoms with van der Waals surface area (Å²) in [5.74, 6) is 8.02. The number of aromatic amines is 2. The number of H-pyrrole nitrogens is 2. The molecule has 2 saturated heterocycles. The standard InChI is InChI=1S/C46H44N6O4/c1-55-41(35-11-5-3-6-12-35)45(53)51-27-9-15-39(51)43-47-29-37(49-43)33-23-19-31(20-24-33)17-18-32-21-25-34(26-22-32)38-30-48-44(50-38)40-16-10-28-52(40)46(54)42(56-2)36-13-7-4-8-14-36/h3-8,11-14,19-26,29-30,39-42H,9-10,15-16,27-28H2,1-2H3,(H,47,49)(H,48,50). The molecule has 2 amide bonds. The molecule has 282 valence electrons. The van der Waals surface area contributed by atoms with E-state index in [9.17, 15) is 9.59 Å². The molecular weight excluding hydrogens is 701 g/mol. The number of carbonyl (C=O) groups excluding carboxylic acids is 2. The maximum absolute atomic E-state index is 13.6. The van der Waals surface area contributed by atoms with E-state index in [0.29, 0.717) is 13.1 Å². The number of likely N-dealkylation sites (tertiary alicyclic amines) is 2. The zero-order chi connectivity index (χ0) is 38.4. The summed E-state index contributed by atoms with van der Waals surface area (Å²) in [6.45, 7) is 1.33. The molecule has 10 heteroatoms. The molecule has 2 aliphatic heterocycles. The number of benzene rings is 4. The molecule has 2 N–H and O–H groups in total. The maximum Gasteiger partial charge on any atom is 0.256 e. The molecule has 0 aliphatic carbocycles. The van der Waals surface area contributed by atoms with E-state index in [4.69, 9.17) is 19.4 Å². The fourth-order valence-corrected chi connectivity index (χ4v) is 7.86. The summed E-state index contributed by atoms with van der Waals surface area (Å²) in [5.41, 5.74) is 7.25. The van der Waals surface area contributed by atoms with Crippen molar-refractivity contribution in [3.8, 4) is 34.4 Å². The summed E-state index contributed by atoms with van der Waals surface area (Å²) in [4.78, 5) is 47.3. The Labute approximate surface area is 326 Å². The second-order valence-electron chi connectivity index (χ2n) is 14.2. The number of nitrogens with one attached hydrogen (secondary N) is 2. The zero-order valence-corrected chi connectivity index (χ0v) is 31.5. The van der Waals surface area contributed by atoms with Gasteiger partial charge in [0.15, 0.2) is 12.2 Å². The zero-order valence-electron chi connectivity index (χ0n) is 31.5. The molecule has 56 heavy (non-hydrogen) atoms. The van der Waals surface area contributed by atoms with Crippen LogP contribution < -0.4 is 0 Å². The number of rotatable bonds is 10. The molecule has 0 radical (unpaired) electrons. The Morgan fingerprint density at radius 3 is 1.38 bits per heavy atom. The van der Waals surface area contributed by atoms with E-state index in [-0.39, 0.29) is 23.9 Å². The fraction of sp³-hybridized carbons (Fsp3) is 0.261. The predicted molar refractivity (Wildman–Crippen MR) is 214 cm³/mol. The number of hydrogen-bond donors (Lipinski definition) is 2. The summed E-state index contributed by atoms with van der Waals surface area (Å²) in [5, 5.41) is 0. The highest BCUT2D eigenvalue weighted by Crippen LogP contribution is 2.36. The predicted octanol–water partition coefficient (Wildman–Crippen LogP) is 7.97. The van der Waals surface area contributed by atoms with Crippen molar-refractivity contribution in [2.75, 3.05) is 27.3 Å². The topological polar surface area (TPSA) is 116 Å². The minimum absolute atomic E-state index is 0.0478. The summed E-state index contributed by atoms with van der Waals surface area (Å²) in [6, 6.07) is 35.1. The van der Waals surface area contributed by atoms with Gasteiger partial charge in [-0.3, -0.25) is 9.59 Å². The van der Waals surface area contributed by atoms with E-state index in [1.807, 2.05) is 131 Å². The first kappa shape index (κ1) is 36.7. The minimum Gasteiger partial charge on any atom is -0.367 e. The van der Waals surface area contributed by atoms with Crippen LogP contribution in [0.2, 0.25) is 0 Å². The van der Waals surface area contributed by atoms with E-state index in [1.165, 1.54) is 0 Å². The van der Waals surface area contributed by atoms with E-state index in [2.05, 4.69) is 21.8 Å². The molecule has 2 fully saturated rings. The van der Waals surface area contributed by atoms with Gasteiger partial charge < -0.3 is 29.2 Å². The number of ether oxygens (including phenoxy) is 2. The SMILES string of the molecule is COC(C(=O)N1CCCC1c1ncc(-c2ccc(C#Cc3ccc(-c4cnc(C5CCCN5C(=O)C(OC)c5ccccc5)[nH]4)cc3)cc2)[nH]1)c1ccccc1. The Morgan fingerprint density at radius 2 is 1.00 bits per heavy atom. The number of hydrogen-bond acceptors (Lipinski definition) is 6. The van der Waals surface area contributed by atoms with Gasteiger partial charge in [-0.15, -0.1) is 0 Å². The molecule has 0 spiro atoms. The van der Waals surface area contributed by atoms with Crippen LogP contribution in [0.25, 0.3) is 22.5 Å². The Bertz CT molecular complexity index is 2160. The number of imidazole rings is 2. The minimum atomic E-state index is -0.647. The van der Waals surface area contributed by atoms with Crippen molar-refractivity contribution < 1.29 is 19.1 Å². The Hall–Kier alpha value is -6.28. The number of nitrogens with zero attached hydrogens (tertiary/aromatic N) is 4. The lowest BCUT2D eigenvalue weighted by Crippen LogP contribution is -2.35. The highest BCUT2D eigenvalue weighted by Gasteiger charge is 2.37. The maximum atomic E-state index is 13.6. The lowest BCUT2D eigenvalue weighted by atomic mass is 10.1. The fourth-order valence-electron chi connectivity index (χ4n) is 7.86. The molecule has 10 nitrogen and oxygen atoms in total. The van der Waals surface area contributed by atoms with Crippen LogP contribution in [0.1, 0.15) is 83.9 Å². The van der Waals surface area contributed by atoms with Crippen molar-refractivity contribution >= 4 is 11.8 Å². The van der Waals surface area contributed by atoms with E-state index in [1.54, 1.807) is 14.2 Å². The normalized spacial score (nSPS) is 17.7. The van der Waals surface area contributed by atoms with Gasteiger partial charge >= 0.3 is 0 Å². The van der Waals surface area contributed by atoms with Gasteiger partial charge in [-0.25, -0.2) is 9.97 Å². The largest absolute Gasteiger partial charge is 0.367 e. The lowest BCUT2D eigenvalue weighted by Gasteiger charge is -2.27. The molecule has 8 rings (SSSR count). The van der Waals surface area contributed by atoms with Crippen LogP contribution in [0.5, 0.6) is 0 Å². The number of carbonyl (C=O) groups is 2. The number of amides is 2. The van der Waals surface area contributed by atoms with Crippen molar-refractivity contribution in [1.82, 2.24) is 29.7 Å². The van der Waals surface area contributed by atoms with Gasteiger partial charge in [0.05, 0.1) is 35.9 Å². The smallest absolute Gasteiger partial charge is 0.256 e. The van der Waals surface area contributed by atoms with Gasteiger partial charge in [0.2, 0.25) is 0 Å². The second kappa shape index (κ2) is 16.6. The molecular formula is C46H44N6O4. The van der Waals surface area contributed by atoms with Crippen LogP contribution >= 0.6 is 0 Å². The van der Waals surface area contributed by atoms with Crippen molar-refractivity contribution in [1.29, 1.82) is 0 Å². The highest BCUT2D eigenvalue weighted by atomic mass is 16.5. The molecule has 0 saturated carbocycles. The van der Waals surface area contributed by atoms with Gasteiger partial charge in [0.1, 0.15) is 11.6 Å². The average Bonchev–Trinajstić information content (AvgIpc) is 4.09. The monoisotopic (exact) mass is 744 g/mol. The Kier molecular flexibility index (Phi) is 10.9. The quantitative estimate of drug-likeness (QED) is 0.138. The lowest BCUT2D eigenvalue weighted by molar-refractivity contribution is -0.144. The van der Waals surface area contributed by atoms with Crippen LogP contribution in [0, 0.1) is 11.8 Å². The number of aromatic nitrogens is 4. The Balaban J connectivity index is 0.896. The summed E-state index contributed by atoms with van der Waals surface area (Å²) >= 11 is 0. The summed E-state index contributed by atoms with van der Waals surface area (Å²) in [6.07, 6.45) is 5.87. The van der Waals surface area contributed by atoms with Crippen LogP contribution in [-0.2, 0) is 19.1 Å². The van der Waals surface area contributed by atoms with Gasteiger partial charge in [-0.05, 0) is 72.2 Å². The average molecular weight is 745 g/mol. The molecule has 4 aromatic carbocycles. The molecule has 4 heterocycles. The first-order chi connectivity index (χ1) is 27.5. The van der Waals surface area contributed by atoms with Crippen LogP contribution in [-0.4, -0.2) is 68.9 Å². The molecule has 2 aromatic heterocycles. The van der Waals surface area contributed by atoms with E-state index in [0.717, 1.165) is 82.1 Å². The number of methoxy groups -OCH3 is 2. The van der Waals surface area contributed by atoms with Gasteiger partial charge in [0.25, 0.3) is 11.8 Å². The van der Waals surface area contributed by atoms with Crippen molar-refractivity contribution in [3.05, 3.63) is 155 Å². The second-order valence-corrected chi connectivity index (χ2v) is 14.2. The van der Waals surface area contributed by atoms with Crippen molar-refractivity contribution in [2.45, 2.75) is 50.0 Å². The third kappa shape index (κ3) is 7.65. The van der Waals surface area contributed by atoms with Gasteiger partial charge in [-0.2, -0.15) is 0 Å². The Morgan fingerprint density at radius 1 is 0.607 bits per heavy atom. The molecule has 0 bridgehead atoms. The van der Waals surface area contributed by atoms with E-state index >= 15 is 0 Å². The van der Waals surface area contributed by atoms with Crippen LogP contribution in [0.4, 0.5) is 0 Å². The summed E-state index contributed by atoms with van der Waals surface area (Å²) < 4.78 is 11.3. The van der Waals surface area contributed by atoms with Gasteiger partial charge in [-0.1, -0.05) is 96.8 Å². The molecule has 4 atom stereocenters. The molecule has 6 aromatic rings. The van der Waals surface area contributed by atoms with E-state index < -0.39 is 12.2 Å². The molecule has 2 aliphatic rings. The van der Waals surface area contributed by atoms with Crippen LogP contribution in [0.15, 0.2) is 122 Å². The van der Waals surface area contributed by atoms with Crippen molar-refractivity contribution in [3.63, 3.8) is 0 Å². The first-order valence-corrected chi connectivity index (χ1v) is 19.1. The third-order valence-electron chi connectivity index (χ3n) is 10.8. The van der Waals surface area contributed by atoms with Crippen molar-refractivity contribution in [2.24, 2.45) is 0 Å². The van der Waals surface area contributed by atoms with Crippen LogP contribution in [0.3, 0.4) is 0 Å². The van der Waals surface area contributed by atoms with Gasteiger partial charge in [0, 0.05) is 38.4 Å². The highest BCUT2D eigenvalue weighted by molar-refractivity contribution is 5.83.